The Labute approximate surface area is 80.4 Å². The molecule has 0 spiro atoms. The smallest absolute Gasteiger partial charge is 0.205 e. The summed E-state index contributed by atoms with van der Waals surface area (Å²) in [5.74, 6) is 6.95. The second kappa shape index (κ2) is 3.77. The maximum Gasteiger partial charge on any atom is 0.214 e. The molecule has 0 saturated carbocycles. The molecule has 2 heteroatoms. The van der Waals surface area contributed by atoms with Gasteiger partial charge >= 0.3 is 0 Å². The van der Waals surface area contributed by atoms with Gasteiger partial charge in [0.1, 0.15) is 0 Å². The molecule has 0 atom stereocenters. The van der Waals surface area contributed by atoms with Crippen LogP contribution in [0.25, 0.3) is 0 Å². The van der Waals surface area contributed by atoms with E-state index in [1.54, 1.807) is 0 Å². The minimum Gasteiger partial charge on any atom is -0.205 e. The summed E-state index contributed by atoms with van der Waals surface area (Å²) >= 11 is 0. The van der Waals surface area contributed by atoms with Crippen molar-refractivity contribution in [2.75, 3.05) is 5.84 Å². The molecule has 0 radical (unpaired) electrons. The molecule has 2 N–H and O–H groups in total. The van der Waals surface area contributed by atoms with E-state index < -0.39 is 0 Å². The van der Waals surface area contributed by atoms with Crippen LogP contribution in [0.1, 0.15) is 50.9 Å². The van der Waals surface area contributed by atoms with E-state index in [9.17, 15) is 0 Å². The molecule has 1 heterocycles. The molecule has 2 nitrogen and oxygen atoms in total. The Kier molecular flexibility index (Phi) is 2.91. The van der Waals surface area contributed by atoms with Crippen LogP contribution in [0.3, 0.4) is 0 Å². The van der Waals surface area contributed by atoms with Gasteiger partial charge in [-0.2, -0.15) is 0 Å². The number of hydrogen-bond donors (Lipinski definition) is 1. The van der Waals surface area contributed by atoms with Crippen LogP contribution in [0.5, 0.6) is 0 Å². The van der Waals surface area contributed by atoms with Gasteiger partial charge < -0.3 is 0 Å². The number of nitrogen functional groups attached to an aromatic ring is 1. The molecule has 0 bridgehead atoms. The zero-order chi connectivity index (χ0) is 10.0. The molecule has 13 heavy (non-hydrogen) atoms. The Morgan fingerprint density at radius 2 is 1.38 bits per heavy atom. The van der Waals surface area contributed by atoms with E-state index in [2.05, 4.69) is 45.9 Å². The van der Waals surface area contributed by atoms with Crippen molar-refractivity contribution in [1.82, 2.24) is 0 Å². The summed E-state index contributed by atoms with van der Waals surface area (Å²) in [5.41, 5.74) is 2.37. The van der Waals surface area contributed by atoms with Crippen molar-refractivity contribution in [3.8, 4) is 0 Å². The van der Waals surface area contributed by atoms with Crippen LogP contribution in [0.2, 0.25) is 0 Å². The Morgan fingerprint density at radius 1 is 1.00 bits per heavy atom. The molecular weight excluding hydrogens is 160 g/mol. The standard InChI is InChI=1S/C11H19N2/c1-8(2)10-6-5-7-11(9(3)4)13(10)12/h5-9H,12H2,1-4H3/q+1. The lowest BCUT2D eigenvalue weighted by atomic mass is 10.1. The van der Waals surface area contributed by atoms with Crippen LogP contribution in [0.4, 0.5) is 0 Å². The molecule has 0 unspecified atom stereocenters. The summed E-state index contributed by atoms with van der Waals surface area (Å²) in [6, 6.07) is 6.24. The average molecular weight is 179 g/mol. The van der Waals surface area contributed by atoms with Gasteiger partial charge in [-0.3, -0.25) is 0 Å². The van der Waals surface area contributed by atoms with Crippen molar-refractivity contribution in [3.05, 3.63) is 29.6 Å². The first-order valence-electron chi connectivity index (χ1n) is 4.84. The van der Waals surface area contributed by atoms with Crippen molar-refractivity contribution in [3.63, 3.8) is 0 Å². The maximum atomic E-state index is 6.00. The highest BCUT2D eigenvalue weighted by atomic mass is 15.3. The quantitative estimate of drug-likeness (QED) is 0.545. The molecule has 0 aliphatic heterocycles. The molecule has 0 fully saturated rings. The van der Waals surface area contributed by atoms with Crippen LogP contribution in [0, 0.1) is 0 Å². The van der Waals surface area contributed by atoms with Crippen LogP contribution >= 0.6 is 0 Å². The summed E-state index contributed by atoms with van der Waals surface area (Å²) in [5, 5.41) is 0. The predicted molar refractivity (Wildman–Crippen MR) is 55.0 cm³/mol. The SMILES string of the molecule is CC(C)c1cccc(C(C)C)[n+]1N. The number of hydrogen-bond acceptors (Lipinski definition) is 1. The topological polar surface area (TPSA) is 29.9 Å². The van der Waals surface area contributed by atoms with Crippen LogP contribution in [-0.4, -0.2) is 0 Å². The zero-order valence-electron chi connectivity index (χ0n) is 8.91. The first kappa shape index (κ1) is 10.0. The van der Waals surface area contributed by atoms with E-state index in [-0.39, 0.29) is 0 Å². The summed E-state index contributed by atoms with van der Waals surface area (Å²) in [7, 11) is 0. The fraction of sp³-hybridized carbons (Fsp3) is 0.545. The van der Waals surface area contributed by atoms with Gasteiger partial charge in [0, 0.05) is 24.0 Å². The predicted octanol–water partition coefficient (Wildman–Crippen LogP) is 1.93. The highest BCUT2D eigenvalue weighted by Gasteiger charge is 2.18. The Bertz CT molecular complexity index is 264. The number of rotatable bonds is 2. The lowest BCUT2D eigenvalue weighted by Crippen LogP contribution is -2.52. The fourth-order valence-electron chi connectivity index (χ4n) is 1.50. The Morgan fingerprint density at radius 3 is 1.69 bits per heavy atom. The monoisotopic (exact) mass is 179 g/mol. The van der Waals surface area contributed by atoms with Crippen LogP contribution in [0.15, 0.2) is 18.2 Å². The number of nitrogens with zero attached hydrogens (tertiary/aromatic N) is 1. The summed E-state index contributed by atoms with van der Waals surface area (Å²) in [6.07, 6.45) is 0. The molecule has 0 aliphatic carbocycles. The molecule has 72 valence electrons. The average Bonchev–Trinajstić information content (AvgIpc) is 2.03. The summed E-state index contributed by atoms with van der Waals surface area (Å²) < 4.78 is 1.81. The first-order valence-corrected chi connectivity index (χ1v) is 4.84. The van der Waals surface area contributed by atoms with E-state index in [1.165, 1.54) is 11.4 Å². The third kappa shape index (κ3) is 2.00. The van der Waals surface area contributed by atoms with E-state index in [4.69, 9.17) is 5.84 Å². The summed E-state index contributed by atoms with van der Waals surface area (Å²) in [4.78, 5) is 0. The van der Waals surface area contributed by atoms with Crippen molar-refractivity contribution < 1.29 is 4.68 Å². The molecule has 1 aromatic heterocycles. The number of aromatic nitrogens is 1. The lowest BCUT2D eigenvalue weighted by Gasteiger charge is -2.07. The van der Waals surface area contributed by atoms with E-state index >= 15 is 0 Å². The molecular formula is C11H19N2+. The van der Waals surface area contributed by atoms with Gasteiger partial charge in [0.25, 0.3) is 0 Å². The Hall–Kier alpha value is -1.05. The van der Waals surface area contributed by atoms with Gasteiger partial charge in [-0.1, -0.05) is 32.4 Å². The molecule has 0 saturated heterocycles. The van der Waals surface area contributed by atoms with Gasteiger partial charge in [0.05, 0.1) is 0 Å². The van der Waals surface area contributed by atoms with Crippen LogP contribution in [-0.2, 0) is 0 Å². The number of nitrogens with two attached hydrogens (primary N) is 1. The van der Waals surface area contributed by atoms with Crippen LogP contribution < -0.4 is 10.5 Å². The number of pyridine rings is 1. The van der Waals surface area contributed by atoms with Gasteiger partial charge in [-0.25, -0.2) is 5.84 Å². The molecule has 1 rings (SSSR count). The molecule has 1 aromatic rings. The van der Waals surface area contributed by atoms with Gasteiger partial charge in [-0.05, 0) is 6.07 Å². The van der Waals surface area contributed by atoms with Crippen molar-refractivity contribution >= 4 is 0 Å². The molecule has 0 amide bonds. The third-order valence-corrected chi connectivity index (χ3v) is 2.27. The highest BCUT2D eigenvalue weighted by Crippen LogP contribution is 2.13. The van der Waals surface area contributed by atoms with E-state index in [1.807, 2.05) is 4.68 Å². The fourth-order valence-corrected chi connectivity index (χ4v) is 1.50. The van der Waals surface area contributed by atoms with Crippen molar-refractivity contribution in [2.24, 2.45) is 0 Å². The van der Waals surface area contributed by atoms with Gasteiger partial charge in [-0.15, -0.1) is 0 Å². The van der Waals surface area contributed by atoms with E-state index in [0.29, 0.717) is 11.8 Å². The Balaban J connectivity index is 3.18. The van der Waals surface area contributed by atoms with Gasteiger partial charge in [0.2, 0.25) is 11.4 Å². The van der Waals surface area contributed by atoms with Crippen molar-refractivity contribution in [2.45, 2.75) is 39.5 Å². The largest absolute Gasteiger partial charge is 0.214 e. The highest BCUT2D eigenvalue weighted by molar-refractivity contribution is 5.08. The molecule has 0 aromatic carbocycles. The molecule has 0 aliphatic rings. The summed E-state index contributed by atoms with van der Waals surface area (Å²) in [6.45, 7) is 8.62. The maximum absolute atomic E-state index is 6.00. The second-order valence-electron chi connectivity index (χ2n) is 4.05. The van der Waals surface area contributed by atoms with Crippen molar-refractivity contribution in [1.29, 1.82) is 0 Å². The third-order valence-electron chi connectivity index (χ3n) is 2.27. The lowest BCUT2D eigenvalue weighted by molar-refractivity contribution is -0.657. The second-order valence-corrected chi connectivity index (χ2v) is 4.05. The normalized spacial score (nSPS) is 11.2. The van der Waals surface area contributed by atoms with E-state index in [0.717, 1.165) is 0 Å². The minimum absolute atomic E-state index is 0.476. The van der Waals surface area contributed by atoms with Gasteiger partial charge in [0.15, 0.2) is 0 Å². The minimum atomic E-state index is 0.476. The first-order chi connectivity index (χ1) is 6.04. The zero-order valence-corrected chi connectivity index (χ0v) is 8.91.